The molecule has 0 saturated carbocycles. The van der Waals surface area contributed by atoms with Crippen molar-refractivity contribution in [2.24, 2.45) is 0 Å². The molecule has 110 valence electrons. The summed E-state index contributed by atoms with van der Waals surface area (Å²) in [4.78, 5) is 27.6. The smallest absolute Gasteiger partial charge is 0.265 e. The fourth-order valence-corrected chi connectivity index (χ4v) is 2.59. The highest BCUT2D eigenvalue weighted by Gasteiger charge is 2.37. The minimum Gasteiger partial charge on any atom is -0.508 e. The van der Waals surface area contributed by atoms with Gasteiger partial charge in [-0.25, -0.2) is 0 Å². The molecule has 0 bridgehead atoms. The molecule has 5 nitrogen and oxygen atoms in total. The Balaban J connectivity index is 2.47. The second kappa shape index (κ2) is 6.05. The molecule has 0 unspecified atom stereocenters. The van der Waals surface area contributed by atoms with Crippen molar-refractivity contribution in [1.82, 2.24) is 9.80 Å². The van der Waals surface area contributed by atoms with Gasteiger partial charge in [0.05, 0.1) is 0 Å². The molecule has 1 aliphatic heterocycles. The fraction of sp³-hybridized carbons (Fsp3) is 0.267. The predicted octanol–water partition coefficient (Wildman–Crippen LogP) is 1.77. The van der Waals surface area contributed by atoms with Gasteiger partial charge in [0.1, 0.15) is 11.3 Å². The second-order valence-electron chi connectivity index (χ2n) is 4.53. The van der Waals surface area contributed by atoms with Crippen molar-refractivity contribution in [3.63, 3.8) is 0 Å². The van der Waals surface area contributed by atoms with Crippen LogP contribution in [0.5, 0.6) is 5.75 Å². The molecular formula is C15H16N2O3S. The average molecular weight is 304 g/mol. The zero-order valence-corrected chi connectivity index (χ0v) is 12.7. The first-order valence-electron chi connectivity index (χ1n) is 6.68. The third-order valence-electron chi connectivity index (χ3n) is 3.23. The lowest BCUT2D eigenvalue weighted by Crippen LogP contribution is -2.55. The number of benzene rings is 1. The Labute approximate surface area is 128 Å². The largest absolute Gasteiger partial charge is 0.508 e. The van der Waals surface area contributed by atoms with Crippen molar-refractivity contribution in [3.05, 3.63) is 35.4 Å². The maximum Gasteiger partial charge on any atom is 0.265 e. The number of hydrogen-bond acceptors (Lipinski definition) is 4. The summed E-state index contributed by atoms with van der Waals surface area (Å²) >= 11 is 5.18. The summed E-state index contributed by atoms with van der Waals surface area (Å²) in [5.41, 5.74) is 0.643. The van der Waals surface area contributed by atoms with Crippen LogP contribution in [0.1, 0.15) is 19.4 Å². The van der Waals surface area contributed by atoms with E-state index in [9.17, 15) is 14.7 Å². The Hall–Kier alpha value is -2.21. The number of phenolic OH excluding ortho intramolecular Hbond substituents is 1. The van der Waals surface area contributed by atoms with E-state index < -0.39 is 11.8 Å². The van der Waals surface area contributed by atoms with Crippen LogP contribution in [0.3, 0.4) is 0 Å². The van der Waals surface area contributed by atoms with E-state index in [1.54, 1.807) is 26.0 Å². The van der Waals surface area contributed by atoms with E-state index in [-0.39, 0.29) is 16.4 Å². The number of amides is 2. The van der Waals surface area contributed by atoms with Crippen LogP contribution in [0, 0.1) is 0 Å². The molecule has 0 aliphatic carbocycles. The minimum absolute atomic E-state index is 0.0536. The van der Waals surface area contributed by atoms with Crippen LogP contribution in [0.4, 0.5) is 0 Å². The van der Waals surface area contributed by atoms with Gasteiger partial charge in [-0.3, -0.25) is 19.4 Å². The highest BCUT2D eigenvalue weighted by atomic mass is 32.1. The standard InChI is InChI=1S/C15H16N2O3S/c1-3-16-13(19)12(14(20)17(4-2)15(16)21)9-10-6-5-7-11(18)8-10/h5-9,18H,3-4H2,1-2H3. The minimum atomic E-state index is -0.402. The van der Waals surface area contributed by atoms with E-state index in [0.717, 1.165) is 0 Å². The lowest BCUT2D eigenvalue weighted by Gasteiger charge is -2.35. The SMILES string of the molecule is CCN1C(=O)C(=Cc2cccc(O)c2)C(=O)N(CC)C1=S. The normalized spacial score (nSPS) is 15.7. The Morgan fingerprint density at radius 3 is 2.19 bits per heavy atom. The Morgan fingerprint density at radius 1 is 1.14 bits per heavy atom. The number of phenols is 1. The van der Waals surface area contributed by atoms with E-state index >= 15 is 0 Å². The third kappa shape index (κ3) is 2.80. The summed E-state index contributed by atoms with van der Waals surface area (Å²) in [7, 11) is 0. The van der Waals surface area contributed by atoms with Crippen LogP contribution >= 0.6 is 12.2 Å². The zero-order valence-electron chi connectivity index (χ0n) is 11.9. The van der Waals surface area contributed by atoms with Crippen molar-refractivity contribution >= 4 is 35.2 Å². The lowest BCUT2D eigenvalue weighted by molar-refractivity contribution is -0.133. The molecule has 1 aliphatic rings. The number of carbonyl (C=O) groups excluding carboxylic acids is 2. The molecular weight excluding hydrogens is 288 g/mol. The van der Waals surface area contributed by atoms with Gasteiger partial charge in [0, 0.05) is 13.1 Å². The van der Waals surface area contributed by atoms with Crippen molar-refractivity contribution in [1.29, 1.82) is 0 Å². The number of carbonyl (C=O) groups is 2. The van der Waals surface area contributed by atoms with Gasteiger partial charge in [-0.2, -0.15) is 0 Å². The van der Waals surface area contributed by atoms with Gasteiger partial charge in [0.15, 0.2) is 5.11 Å². The molecule has 1 fully saturated rings. The van der Waals surface area contributed by atoms with Gasteiger partial charge in [-0.1, -0.05) is 12.1 Å². The number of likely N-dealkylation sites (N-methyl/N-ethyl adjacent to an activating group) is 2. The molecule has 1 N–H and O–H groups in total. The summed E-state index contributed by atoms with van der Waals surface area (Å²) in [6.07, 6.45) is 1.48. The van der Waals surface area contributed by atoms with Gasteiger partial charge in [0.2, 0.25) is 0 Å². The molecule has 1 aromatic rings. The van der Waals surface area contributed by atoms with Gasteiger partial charge in [0.25, 0.3) is 11.8 Å². The number of nitrogens with zero attached hydrogens (tertiary/aromatic N) is 2. The van der Waals surface area contributed by atoms with Crippen LogP contribution < -0.4 is 0 Å². The van der Waals surface area contributed by atoms with Gasteiger partial charge >= 0.3 is 0 Å². The summed E-state index contributed by atoms with van der Waals surface area (Å²) < 4.78 is 0. The summed E-state index contributed by atoms with van der Waals surface area (Å²) in [6, 6.07) is 6.39. The van der Waals surface area contributed by atoms with Crippen molar-refractivity contribution in [3.8, 4) is 5.75 Å². The number of aromatic hydroxyl groups is 1. The highest BCUT2D eigenvalue weighted by Crippen LogP contribution is 2.21. The van der Waals surface area contributed by atoms with E-state index in [4.69, 9.17) is 12.2 Å². The maximum absolute atomic E-state index is 12.4. The maximum atomic E-state index is 12.4. The Bertz CT molecular complexity index is 612. The molecule has 0 aromatic heterocycles. The highest BCUT2D eigenvalue weighted by molar-refractivity contribution is 7.80. The fourth-order valence-electron chi connectivity index (χ4n) is 2.16. The monoisotopic (exact) mass is 304 g/mol. The second-order valence-corrected chi connectivity index (χ2v) is 4.90. The number of thiocarbonyl (C=S) groups is 1. The van der Waals surface area contributed by atoms with Crippen molar-refractivity contribution in [2.75, 3.05) is 13.1 Å². The lowest BCUT2D eigenvalue weighted by atomic mass is 10.1. The third-order valence-corrected chi connectivity index (χ3v) is 3.67. The number of rotatable bonds is 3. The summed E-state index contributed by atoms with van der Waals surface area (Å²) in [5, 5.41) is 9.71. The quantitative estimate of drug-likeness (QED) is 0.525. The van der Waals surface area contributed by atoms with Crippen LogP contribution in [0.15, 0.2) is 29.8 Å². The molecule has 0 atom stereocenters. The number of hydrogen-bond donors (Lipinski definition) is 1. The zero-order chi connectivity index (χ0) is 15.6. The first-order valence-corrected chi connectivity index (χ1v) is 7.08. The molecule has 0 radical (unpaired) electrons. The van der Waals surface area contributed by atoms with Crippen LogP contribution in [-0.4, -0.2) is 44.9 Å². The van der Waals surface area contributed by atoms with Crippen molar-refractivity contribution < 1.29 is 14.7 Å². The molecule has 1 heterocycles. The van der Waals surface area contributed by atoms with E-state index in [0.29, 0.717) is 18.7 Å². The summed E-state index contributed by atoms with van der Waals surface area (Å²) in [5.74, 6) is -0.726. The molecule has 1 aromatic carbocycles. The first-order chi connectivity index (χ1) is 9.99. The molecule has 0 spiro atoms. The Morgan fingerprint density at radius 2 is 1.71 bits per heavy atom. The molecule has 2 rings (SSSR count). The van der Waals surface area contributed by atoms with Gasteiger partial charge < -0.3 is 5.11 Å². The van der Waals surface area contributed by atoms with Crippen LogP contribution in [-0.2, 0) is 9.59 Å². The van der Waals surface area contributed by atoms with E-state index in [1.165, 1.54) is 28.0 Å². The average Bonchev–Trinajstić information content (AvgIpc) is 2.45. The van der Waals surface area contributed by atoms with Gasteiger partial charge in [-0.05, 0) is 49.8 Å². The first kappa shape index (κ1) is 15.2. The van der Waals surface area contributed by atoms with Crippen LogP contribution in [0.25, 0.3) is 6.08 Å². The molecule has 6 heteroatoms. The predicted molar refractivity (Wildman–Crippen MR) is 83.5 cm³/mol. The van der Waals surface area contributed by atoms with E-state index in [2.05, 4.69) is 0 Å². The molecule has 2 amide bonds. The van der Waals surface area contributed by atoms with Gasteiger partial charge in [-0.15, -0.1) is 0 Å². The molecule has 21 heavy (non-hydrogen) atoms. The topological polar surface area (TPSA) is 60.9 Å². The Kier molecular flexibility index (Phi) is 4.37. The molecule has 1 saturated heterocycles. The summed E-state index contributed by atoms with van der Waals surface area (Å²) in [6.45, 7) is 4.41. The van der Waals surface area contributed by atoms with Crippen molar-refractivity contribution in [2.45, 2.75) is 13.8 Å². The van der Waals surface area contributed by atoms with E-state index in [1.807, 2.05) is 0 Å². The van der Waals surface area contributed by atoms with Crippen LogP contribution in [0.2, 0.25) is 0 Å².